The molecule has 0 aromatic heterocycles. The maximum atomic E-state index is 13.2. The molecule has 0 radical (unpaired) electrons. The highest BCUT2D eigenvalue weighted by Gasteiger charge is 2.37. The highest BCUT2D eigenvalue weighted by atomic mass is 19.4. The molecule has 2 aromatic carbocycles. The fourth-order valence-electron chi connectivity index (χ4n) is 2.47. The van der Waals surface area contributed by atoms with Crippen LogP contribution in [0.5, 0.6) is 0 Å². The van der Waals surface area contributed by atoms with Crippen LogP contribution >= 0.6 is 0 Å². The van der Waals surface area contributed by atoms with Gasteiger partial charge in [-0.2, -0.15) is 13.2 Å². The molecule has 98 valence electrons. The maximum absolute atomic E-state index is 13.2. The van der Waals surface area contributed by atoms with E-state index in [4.69, 9.17) is 0 Å². The summed E-state index contributed by atoms with van der Waals surface area (Å²) in [7, 11) is 0. The van der Waals surface area contributed by atoms with Crippen molar-refractivity contribution in [3.8, 4) is 11.1 Å². The predicted molar refractivity (Wildman–Crippen MR) is 68.9 cm³/mol. The van der Waals surface area contributed by atoms with Gasteiger partial charge in [-0.05, 0) is 41.5 Å². The van der Waals surface area contributed by atoms with Gasteiger partial charge in [0.25, 0.3) is 0 Å². The molecule has 0 N–H and O–H groups in total. The van der Waals surface area contributed by atoms with Crippen LogP contribution < -0.4 is 0 Å². The SMILES string of the molecule is FC(F)(F)c1cccc(C2CC2)c1-c1ccccc1. The lowest BCUT2D eigenvalue weighted by atomic mass is 9.91. The van der Waals surface area contributed by atoms with Crippen molar-refractivity contribution in [2.24, 2.45) is 0 Å². The predicted octanol–water partition coefficient (Wildman–Crippen LogP) is 5.25. The van der Waals surface area contributed by atoms with Crippen LogP contribution in [0.25, 0.3) is 11.1 Å². The van der Waals surface area contributed by atoms with Crippen LogP contribution in [0.3, 0.4) is 0 Å². The van der Waals surface area contributed by atoms with E-state index in [1.165, 1.54) is 12.1 Å². The first-order valence-electron chi connectivity index (χ1n) is 6.33. The molecule has 1 fully saturated rings. The molecule has 0 unspecified atom stereocenters. The van der Waals surface area contributed by atoms with Crippen molar-refractivity contribution in [2.75, 3.05) is 0 Å². The Kier molecular flexibility index (Phi) is 2.85. The van der Waals surface area contributed by atoms with E-state index < -0.39 is 11.7 Å². The molecule has 0 aliphatic heterocycles. The van der Waals surface area contributed by atoms with Crippen LogP contribution in [0.15, 0.2) is 48.5 Å². The molecule has 0 spiro atoms. The standard InChI is InChI=1S/C16H13F3/c17-16(18,19)14-8-4-7-13(11-9-10-11)15(14)12-5-2-1-3-6-12/h1-8,11H,9-10H2. The number of rotatable bonds is 2. The second-order valence-corrected chi connectivity index (χ2v) is 4.91. The Labute approximate surface area is 109 Å². The Morgan fingerprint density at radius 2 is 1.53 bits per heavy atom. The Hall–Kier alpha value is -1.77. The van der Waals surface area contributed by atoms with Gasteiger partial charge in [-0.15, -0.1) is 0 Å². The van der Waals surface area contributed by atoms with Crippen LogP contribution in [0.4, 0.5) is 13.2 Å². The third kappa shape index (κ3) is 2.37. The topological polar surface area (TPSA) is 0 Å². The first-order valence-corrected chi connectivity index (χ1v) is 6.33. The lowest BCUT2D eigenvalue weighted by Crippen LogP contribution is -2.08. The minimum Gasteiger partial charge on any atom is -0.166 e. The molecule has 0 amide bonds. The average molecular weight is 262 g/mol. The molecule has 1 aliphatic carbocycles. The third-order valence-electron chi connectivity index (χ3n) is 3.48. The normalized spacial score (nSPS) is 15.5. The lowest BCUT2D eigenvalue weighted by Gasteiger charge is -2.17. The number of hydrogen-bond acceptors (Lipinski definition) is 0. The van der Waals surface area contributed by atoms with Gasteiger partial charge in [0.05, 0.1) is 5.56 Å². The number of alkyl halides is 3. The van der Waals surface area contributed by atoms with Gasteiger partial charge >= 0.3 is 6.18 Å². The van der Waals surface area contributed by atoms with Gasteiger partial charge in [-0.3, -0.25) is 0 Å². The van der Waals surface area contributed by atoms with Gasteiger partial charge < -0.3 is 0 Å². The minimum absolute atomic E-state index is 0.289. The molecule has 0 saturated heterocycles. The summed E-state index contributed by atoms with van der Waals surface area (Å²) in [6.45, 7) is 0. The van der Waals surface area contributed by atoms with E-state index in [1.807, 2.05) is 12.1 Å². The van der Waals surface area contributed by atoms with Crippen molar-refractivity contribution in [2.45, 2.75) is 24.9 Å². The van der Waals surface area contributed by atoms with Gasteiger partial charge in [0, 0.05) is 0 Å². The first-order chi connectivity index (χ1) is 9.07. The van der Waals surface area contributed by atoms with E-state index in [-0.39, 0.29) is 5.92 Å². The summed E-state index contributed by atoms with van der Waals surface area (Å²) in [5.41, 5.74) is 1.32. The molecule has 1 saturated carbocycles. The van der Waals surface area contributed by atoms with Crippen molar-refractivity contribution in [3.05, 3.63) is 59.7 Å². The molecule has 19 heavy (non-hydrogen) atoms. The molecular weight excluding hydrogens is 249 g/mol. The molecule has 0 heterocycles. The van der Waals surface area contributed by atoms with Crippen LogP contribution in [0.2, 0.25) is 0 Å². The highest BCUT2D eigenvalue weighted by Crippen LogP contribution is 2.48. The van der Waals surface area contributed by atoms with Crippen LogP contribution in [-0.4, -0.2) is 0 Å². The van der Waals surface area contributed by atoms with Crippen LogP contribution in [0.1, 0.15) is 29.9 Å². The van der Waals surface area contributed by atoms with Crippen molar-refractivity contribution < 1.29 is 13.2 Å². The van der Waals surface area contributed by atoms with Gasteiger partial charge in [0.2, 0.25) is 0 Å². The Morgan fingerprint density at radius 3 is 2.11 bits per heavy atom. The zero-order valence-corrected chi connectivity index (χ0v) is 10.2. The molecular formula is C16H13F3. The molecule has 0 atom stereocenters. The van der Waals surface area contributed by atoms with Gasteiger partial charge in [-0.1, -0.05) is 42.5 Å². The molecule has 0 nitrogen and oxygen atoms in total. The largest absolute Gasteiger partial charge is 0.417 e. The van der Waals surface area contributed by atoms with Gasteiger partial charge in [0.15, 0.2) is 0 Å². The highest BCUT2D eigenvalue weighted by molar-refractivity contribution is 5.73. The second-order valence-electron chi connectivity index (χ2n) is 4.91. The van der Waals surface area contributed by atoms with E-state index in [2.05, 4.69) is 0 Å². The minimum atomic E-state index is -4.31. The number of benzene rings is 2. The Morgan fingerprint density at radius 1 is 0.842 bits per heavy atom. The van der Waals surface area contributed by atoms with Gasteiger partial charge in [0.1, 0.15) is 0 Å². The maximum Gasteiger partial charge on any atom is 0.417 e. The molecule has 0 bridgehead atoms. The van der Waals surface area contributed by atoms with Crippen molar-refractivity contribution >= 4 is 0 Å². The molecule has 3 rings (SSSR count). The summed E-state index contributed by atoms with van der Waals surface area (Å²) in [4.78, 5) is 0. The molecule has 1 aliphatic rings. The monoisotopic (exact) mass is 262 g/mol. The number of halogens is 3. The fourth-order valence-corrected chi connectivity index (χ4v) is 2.47. The molecule has 3 heteroatoms. The van der Waals surface area contributed by atoms with E-state index >= 15 is 0 Å². The smallest absolute Gasteiger partial charge is 0.166 e. The third-order valence-corrected chi connectivity index (χ3v) is 3.48. The zero-order chi connectivity index (χ0) is 13.5. The summed E-state index contributed by atoms with van der Waals surface area (Å²) in [6.07, 6.45) is -2.33. The van der Waals surface area contributed by atoms with E-state index in [9.17, 15) is 13.2 Å². The average Bonchev–Trinajstić information content (AvgIpc) is 3.22. The zero-order valence-electron chi connectivity index (χ0n) is 10.2. The fraction of sp³-hybridized carbons (Fsp3) is 0.250. The Balaban J connectivity index is 2.24. The lowest BCUT2D eigenvalue weighted by molar-refractivity contribution is -0.137. The van der Waals surface area contributed by atoms with Crippen LogP contribution in [0, 0.1) is 0 Å². The quantitative estimate of drug-likeness (QED) is 0.693. The van der Waals surface area contributed by atoms with E-state index in [0.29, 0.717) is 11.1 Å². The molecule has 2 aromatic rings. The van der Waals surface area contributed by atoms with E-state index in [1.54, 1.807) is 24.3 Å². The van der Waals surface area contributed by atoms with Crippen molar-refractivity contribution in [1.29, 1.82) is 0 Å². The Bertz CT molecular complexity index is 581. The number of hydrogen-bond donors (Lipinski definition) is 0. The summed E-state index contributed by atoms with van der Waals surface area (Å²) < 4.78 is 39.6. The van der Waals surface area contributed by atoms with Gasteiger partial charge in [-0.25, -0.2) is 0 Å². The summed E-state index contributed by atoms with van der Waals surface area (Å²) >= 11 is 0. The van der Waals surface area contributed by atoms with Crippen molar-refractivity contribution in [3.63, 3.8) is 0 Å². The van der Waals surface area contributed by atoms with Crippen molar-refractivity contribution in [1.82, 2.24) is 0 Å². The van der Waals surface area contributed by atoms with E-state index in [0.717, 1.165) is 18.4 Å². The summed E-state index contributed by atoms with van der Waals surface area (Å²) in [5, 5.41) is 0. The summed E-state index contributed by atoms with van der Waals surface area (Å²) in [6, 6.07) is 13.4. The first kappa shape index (κ1) is 12.3. The van der Waals surface area contributed by atoms with Crippen LogP contribution in [-0.2, 0) is 6.18 Å². The summed E-state index contributed by atoms with van der Waals surface area (Å²) in [5.74, 6) is 0.289. The second kappa shape index (κ2) is 4.41.